The topological polar surface area (TPSA) is 33.6 Å². The molecule has 1 aromatic rings. The van der Waals surface area contributed by atoms with Crippen molar-refractivity contribution >= 4 is 22.6 Å². The third kappa shape index (κ3) is 4.17. The summed E-state index contributed by atoms with van der Waals surface area (Å²) in [6.45, 7) is 8.66. The zero-order valence-corrected chi connectivity index (χ0v) is 13.5. The summed E-state index contributed by atoms with van der Waals surface area (Å²) in [6, 6.07) is 8.53. The van der Waals surface area contributed by atoms with E-state index in [0.29, 0.717) is 12.0 Å². The molecule has 2 unspecified atom stereocenters. The number of hydrogen-bond donors (Lipinski definition) is 1. The van der Waals surface area contributed by atoms with Gasteiger partial charge < -0.3 is 10.1 Å². The van der Waals surface area contributed by atoms with Crippen LogP contribution < -0.4 is 10.1 Å². The average molecular weight is 292 g/mol. The Kier molecular flexibility index (Phi) is 5.35. The van der Waals surface area contributed by atoms with Gasteiger partial charge in [-0.2, -0.15) is 0 Å². The Hall–Kier alpha value is -1.16. The van der Waals surface area contributed by atoms with Crippen molar-refractivity contribution in [2.75, 3.05) is 11.1 Å². The summed E-state index contributed by atoms with van der Waals surface area (Å²) < 4.78 is 5.84. The molecule has 0 aliphatic carbocycles. The van der Waals surface area contributed by atoms with Gasteiger partial charge in [-0.25, -0.2) is 0 Å². The molecule has 0 spiro atoms. The highest BCUT2D eigenvalue weighted by Gasteiger charge is 2.21. The van der Waals surface area contributed by atoms with Gasteiger partial charge in [0.1, 0.15) is 5.75 Å². The first-order chi connectivity index (χ1) is 9.58. The zero-order chi connectivity index (χ0) is 14.5. The fraction of sp³-hybridized carbons (Fsp3) is 0.562. The molecule has 4 heteroatoms. The monoisotopic (exact) mass is 292 g/mol. The number of rotatable bonds is 5. The molecule has 1 aromatic carbocycles. The molecule has 0 saturated carbocycles. The number of benzene rings is 1. The van der Waals surface area contributed by atoms with Crippen molar-refractivity contribution in [2.45, 2.75) is 46.3 Å². The lowest BCUT2D eigenvalue weighted by atomic mass is 10.1. The second-order valence-corrected chi connectivity index (χ2v) is 6.55. The molecule has 0 aromatic heterocycles. The van der Waals surface area contributed by atoms with Crippen molar-refractivity contribution in [1.29, 1.82) is 0 Å². The van der Waals surface area contributed by atoms with Crippen LogP contribution in [0.2, 0.25) is 0 Å². The molecule has 0 saturated heterocycles. The lowest BCUT2D eigenvalue weighted by Gasteiger charge is -2.13. The van der Waals surface area contributed by atoms with E-state index in [1.165, 1.54) is 0 Å². The van der Waals surface area contributed by atoms with E-state index in [9.17, 15) is 0 Å². The van der Waals surface area contributed by atoms with Gasteiger partial charge in [0.25, 0.3) is 0 Å². The van der Waals surface area contributed by atoms with E-state index in [2.05, 4.69) is 39.1 Å². The molecular weight excluding hydrogens is 268 g/mol. The minimum Gasteiger partial charge on any atom is -0.491 e. The van der Waals surface area contributed by atoms with Crippen LogP contribution in [0.1, 0.15) is 34.1 Å². The van der Waals surface area contributed by atoms with Gasteiger partial charge in [-0.1, -0.05) is 38.6 Å². The Bertz CT molecular complexity index is 473. The number of nitrogens with one attached hydrogen (secondary N) is 1. The number of anilines is 1. The summed E-state index contributed by atoms with van der Waals surface area (Å²) in [5.74, 6) is 2.58. The molecule has 0 radical (unpaired) electrons. The average Bonchev–Trinajstić information content (AvgIpc) is 2.87. The predicted molar refractivity (Wildman–Crippen MR) is 89.0 cm³/mol. The molecule has 1 heterocycles. The van der Waals surface area contributed by atoms with Gasteiger partial charge in [-0.3, -0.25) is 4.99 Å². The lowest BCUT2D eigenvalue weighted by molar-refractivity contribution is 0.217. The number of nitrogens with zero attached hydrogens (tertiary/aromatic N) is 1. The van der Waals surface area contributed by atoms with Gasteiger partial charge in [-0.05, 0) is 31.4 Å². The molecule has 1 N–H and O–H groups in total. The predicted octanol–water partition coefficient (Wildman–Crippen LogP) is 4.40. The van der Waals surface area contributed by atoms with Gasteiger partial charge in [0.05, 0.1) is 12.1 Å². The van der Waals surface area contributed by atoms with Crippen molar-refractivity contribution in [3.63, 3.8) is 0 Å². The summed E-state index contributed by atoms with van der Waals surface area (Å²) in [4.78, 5) is 4.72. The Labute approximate surface area is 126 Å². The minimum absolute atomic E-state index is 0.244. The van der Waals surface area contributed by atoms with Crippen LogP contribution in [0.3, 0.4) is 0 Å². The molecule has 1 aliphatic heterocycles. The maximum atomic E-state index is 5.84. The van der Waals surface area contributed by atoms with Crippen LogP contribution in [0.25, 0.3) is 0 Å². The van der Waals surface area contributed by atoms with Gasteiger partial charge in [-0.15, -0.1) is 0 Å². The summed E-state index contributed by atoms with van der Waals surface area (Å²) in [6.07, 6.45) is 1.25. The second-order valence-electron chi connectivity index (χ2n) is 5.55. The Morgan fingerprint density at radius 1 is 1.40 bits per heavy atom. The summed E-state index contributed by atoms with van der Waals surface area (Å²) in [5, 5.41) is 4.41. The highest BCUT2D eigenvalue weighted by Crippen LogP contribution is 2.26. The van der Waals surface area contributed by atoms with Gasteiger partial charge in [0.15, 0.2) is 5.17 Å². The molecular formula is C16H24N2OS. The second kappa shape index (κ2) is 7.02. The first-order valence-electron chi connectivity index (χ1n) is 7.32. The third-order valence-corrected chi connectivity index (χ3v) is 4.43. The molecule has 2 atom stereocenters. The molecule has 110 valence electrons. The molecule has 20 heavy (non-hydrogen) atoms. The van der Waals surface area contributed by atoms with Crippen LogP contribution in [-0.2, 0) is 0 Å². The van der Waals surface area contributed by atoms with Crippen molar-refractivity contribution in [2.24, 2.45) is 10.9 Å². The Morgan fingerprint density at radius 3 is 2.85 bits per heavy atom. The van der Waals surface area contributed by atoms with Gasteiger partial charge in [0.2, 0.25) is 0 Å². The van der Waals surface area contributed by atoms with Crippen molar-refractivity contribution in [3.8, 4) is 5.75 Å². The first kappa shape index (κ1) is 15.2. The van der Waals surface area contributed by atoms with E-state index >= 15 is 0 Å². The van der Waals surface area contributed by atoms with E-state index in [0.717, 1.165) is 28.8 Å². The van der Waals surface area contributed by atoms with E-state index in [1.54, 1.807) is 11.8 Å². The molecule has 2 rings (SSSR count). The standard InChI is InChI=1S/C16H24N2OS/c1-5-12(4)19-14-8-6-7-13(9-14)17-16-18-15(10-20-16)11(2)3/h6-9,11-12,15H,5,10H2,1-4H3,(H,17,18). The molecule has 0 amide bonds. The largest absolute Gasteiger partial charge is 0.491 e. The van der Waals surface area contributed by atoms with Gasteiger partial charge >= 0.3 is 0 Å². The van der Waals surface area contributed by atoms with E-state index < -0.39 is 0 Å². The van der Waals surface area contributed by atoms with E-state index in [4.69, 9.17) is 9.73 Å². The fourth-order valence-corrected chi connectivity index (χ4v) is 3.07. The molecule has 0 fully saturated rings. The summed E-state index contributed by atoms with van der Waals surface area (Å²) in [7, 11) is 0. The Balaban J connectivity index is 2.00. The van der Waals surface area contributed by atoms with Gasteiger partial charge in [0, 0.05) is 17.5 Å². The van der Waals surface area contributed by atoms with Crippen molar-refractivity contribution in [3.05, 3.63) is 24.3 Å². The lowest BCUT2D eigenvalue weighted by Crippen LogP contribution is -2.12. The number of thioether (sulfide) groups is 1. The smallest absolute Gasteiger partial charge is 0.161 e. The highest BCUT2D eigenvalue weighted by molar-refractivity contribution is 8.14. The fourth-order valence-electron chi connectivity index (χ4n) is 1.89. The third-order valence-electron chi connectivity index (χ3n) is 3.44. The molecule has 1 aliphatic rings. The number of ether oxygens (including phenoxy) is 1. The van der Waals surface area contributed by atoms with Crippen molar-refractivity contribution < 1.29 is 4.74 Å². The van der Waals surface area contributed by atoms with E-state index in [1.807, 2.05) is 18.2 Å². The van der Waals surface area contributed by atoms with Crippen LogP contribution in [0.5, 0.6) is 5.75 Å². The summed E-state index contributed by atoms with van der Waals surface area (Å²) >= 11 is 1.80. The summed E-state index contributed by atoms with van der Waals surface area (Å²) in [5.41, 5.74) is 1.04. The van der Waals surface area contributed by atoms with Crippen LogP contribution in [-0.4, -0.2) is 23.1 Å². The van der Waals surface area contributed by atoms with E-state index in [-0.39, 0.29) is 6.10 Å². The van der Waals surface area contributed by atoms with Crippen LogP contribution in [0.4, 0.5) is 5.69 Å². The van der Waals surface area contributed by atoms with Crippen LogP contribution in [0.15, 0.2) is 29.3 Å². The van der Waals surface area contributed by atoms with Crippen molar-refractivity contribution in [1.82, 2.24) is 0 Å². The van der Waals surface area contributed by atoms with Crippen LogP contribution >= 0.6 is 11.8 Å². The Morgan fingerprint density at radius 2 is 2.20 bits per heavy atom. The normalized spacial score (nSPS) is 19.9. The first-order valence-corrected chi connectivity index (χ1v) is 8.31. The SMILES string of the molecule is CCC(C)Oc1cccc(NC2=NC(C(C)C)CS2)c1. The zero-order valence-electron chi connectivity index (χ0n) is 12.7. The number of amidine groups is 1. The maximum absolute atomic E-state index is 5.84. The number of aliphatic imine (C=N–C) groups is 1. The quantitative estimate of drug-likeness (QED) is 0.873. The maximum Gasteiger partial charge on any atom is 0.161 e. The molecule has 3 nitrogen and oxygen atoms in total. The highest BCUT2D eigenvalue weighted by atomic mass is 32.2. The minimum atomic E-state index is 0.244. The molecule has 0 bridgehead atoms. The van der Waals surface area contributed by atoms with Crippen LogP contribution in [0, 0.1) is 5.92 Å². The number of hydrogen-bond acceptors (Lipinski definition) is 4.